The number of piperidine rings is 1. The van der Waals surface area contributed by atoms with E-state index in [1.807, 2.05) is 7.05 Å². The van der Waals surface area contributed by atoms with Crippen molar-refractivity contribution in [2.75, 3.05) is 32.6 Å². The first-order chi connectivity index (χ1) is 19.0. The van der Waals surface area contributed by atoms with E-state index in [1.54, 1.807) is 18.2 Å². The lowest BCUT2D eigenvalue weighted by Crippen LogP contribution is -2.46. The highest BCUT2D eigenvalue weighted by Crippen LogP contribution is 2.36. The van der Waals surface area contributed by atoms with Gasteiger partial charge in [-0.3, -0.25) is 9.59 Å². The standard InChI is InChI=1S/C28H37F3N6O3/c1-17(38)33-22-9-5-4-7-18(22)13-24-21(28(29,30)31)15-32-27(36-24)35-23-11-10-19(14-25(23)40-3)26(39)34-20-8-6-12-37(2)16-20/h10-11,14-15,18,20,22H,4-9,12-13,16H2,1-3H3,(H,33,38)(H,34,39)(H,32,35,36)/t18-,20?,22+/m0/s1. The lowest BCUT2D eigenvalue weighted by Gasteiger charge is -2.32. The Morgan fingerprint density at radius 2 is 1.90 bits per heavy atom. The number of rotatable bonds is 8. The van der Waals surface area contributed by atoms with Gasteiger partial charge in [-0.1, -0.05) is 12.8 Å². The summed E-state index contributed by atoms with van der Waals surface area (Å²) < 4.78 is 47.1. The van der Waals surface area contributed by atoms with E-state index in [0.29, 0.717) is 23.4 Å². The molecule has 12 heteroatoms. The van der Waals surface area contributed by atoms with Crippen LogP contribution in [0.4, 0.5) is 24.8 Å². The first-order valence-electron chi connectivity index (χ1n) is 13.7. The van der Waals surface area contributed by atoms with Crippen LogP contribution in [0.5, 0.6) is 5.75 Å². The van der Waals surface area contributed by atoms with Gasteiger partial charge in [-0.25, -0.2) is 9.97 Å². The van der Waals surface area contributed by atoms with E-state index < -0.39 is 11.7 Å². The van der Waals surface area contributed by atoms with Gasteiger partial charge in [-0.15, -0.1) is 0 Å². The van der Waals surface area contributed by atoms with Crippen molar-refractivity contribution < 1.29 is 27.5 Å². The van der Waals surface area contributed by atoms with E-state index in [1.165, 1.54) is 14.0 Å². The number of hydrogen-bond donors (Lipinski definition) is 3. The first-order valence-corrected chi connectivity index (χ1v) is 13.7. The number of likely N-dealkylation sites (N-methyl/N-ethyl adjacent to an activating group) is 1. The summed E-state index contributed by atoms with van der Waals surface area (Å²) in [6, 6.07) is 4.68. The van der Waals surface area contributed by atoms with Gasteiger partial charge in [-0.05, 0) is 69.8 Å². The molecule has 2 fully saturated rings. The summed E-state index contributed by atoms with van der Waals surface area (Å²) in [5, 5.41) is 8.90. The normalized spacial score (nSPS) is 21.9. The molecule has 2 heterocycles. The summed E-state index contributed by atoms with van der Waals surface area (Å²) >= 11 is 0. The zero-order chi connectivity index (χ0) is 28.9. The Labute approximate surface area is 232 Å². The number of halogens is 3. The van der Waals surface area contributed by atoms with Gasteiger partial charge in [0.1, 0.15) is 5.75 Å². The maximum atomic E-state index is 13.9. The predicted molar refractivity (Wildman–Crippen MR) is 145 cm³/mol. The maximum Gasteiger partial charge on any atom is 0.419 e. The number of ether oxygens (including phenoxy) is 1. The third-order valence-corrected chi connectivity index (χ3v) is 7.60. The quantitative estimate of drug-likeness (QED) is 0.440. The highest BCUT2D eigenvalue weighted by atomic mass is 19.4. The second-order valence-electron chi connectivity index (χ2n) is 10.7. The van der Waals surface area contributed by atoms with E-state index in [9.17, 15) is 22.8 Å². The fourth-order valence-electron chi connectivity index (χ4n) is 5.63. The molecule has 0 radical (unpaired) electrons. The Hall–Kier alpha value is -3.41. The Morgan fingerprint density at radius 3 is 2.60 bits per heavy atom. The molecular formula is C28H37F3N6O3. The smallest absolute Gasteiger partial charge is 0.419 e. The lowest BCUT2D eigenvalue weighted by molar-refractivity contribution is -0.139. The van der Waals surface area contributed by atoms with Crippen molar-refractivity contribution in [2.24, 2.45) is 5.92 Å². The summed E-state index contributed by atoms with van der Waals surface area (Å²) in [7, 11) is 3.47. The Bertz CT molecular complexity index is 1210. The summed E-state index contributed by atoms with van der Waals surface area (Å²) in [5.41, 5.74) is -0.195. The van der Waals surface area contributed by atoms with E-state index in [-0.39, 0.29) is 47.9 Å². The molecule has 0 spiro atoms. The van der Waals surface area contributed by atoms with Crippen molar-refractivity contribution >= 4 is 23.5 Å². The van der Waals surface area contributed by atoms with Crippen LogP contribution in [0.25, 0.3) is 0 Å². The van der Waals surface area contributed by atoms with E-state index in [2.05, 4.69) is 30.8 Å². The molecule has 4 rings (SSSR count). The molecule has 2 aliphatic rings. The molecule has 9 nitrogen and oxygen atoms in total. The molecule has 2 aromatic rings. The molecule has 40 heavy (non-hydrogen) atoms. The molecule has 1 unspecified atom stereocenters. The van der Waals surface area contributed by atoms with Crippen LogP contribution in [0.3, 0.4) is 0 Å². The average molecular weight is 563 g/mol. The Balaban J connectivity index is 1.54. The molecule has 1 aliphatic carbocycles. The zero-order valence-corrected chi connectivity index (χ0v) is 23.1. The molecule has 3 atom stereocenters. The molecule has 1 saturated carbocycles. The summed E-state index contributed by atoms with van der Waals surface area (Å²) in [6.07, 6.45) is 1.36. The van der Waals surface area contributed by atoms with Crippen LogP contribution in [-0.4, -0.2) is 66.0 Å². The fraction of sp³-hybridized carbons (Fsp3) is 0.571. The first kappa shape index (κ1) is 29.6. The number of benzene rings is 1. The Morgan fingerprint density at radius 1 is 1.12 bits per heavy atom. The molecule has 218 valence electrons. The van der Waals surface area contributed by atoms with Crippen molar-refractivity contribution in [3.63, 3.8) is 0 Å². The second kappa shape index (κ2) is 12.8. The molecular weight excluding hydrogens is 525 g/mol. The van der Waals surface area contributed by atoms with Gasteiger partial charge >= 0.3 is 6.18 Å². The monoisotopic (exact) mass is 562 g/mol. The largest absolute Gasteiger partial charge is 0.495 e. The number of carbonyl (C=O) groups is 2. The third-order valence-electron chi connectivity index (χ3n) is 7.60. The number of carbonyl (C=O) groups excluding carboxylic acids is 2. The van der Waals surface area contributed by atoms with Crippen molar-refractivity contribution in [1.82, 2.24) is 25.5 Å². The molecule has 0 bridgehead atoms. The van der Waals surface area contributed by atoms with E-state index >= 15 is 0 Å². The number of nitrogens with zero attached hydrogens (tertiary/aromatic N) is 3. The van der Waals surface area contributed by atoms with Crippen LogP contribution in [0.15, 0.2) is 24.4 Å². The molecule has 1 saturated heterocycles. The summed E-state index contributed by atoms with van der Waals surface area (Å²) in [6.45, 7) is 3.20. The second-order valence-corrected chi connectivity index (χ2v) is 10.7. The molecule has 1 aromatic carbocycles. The van der Waals surface area contributed by atoms with Crippen molar-refractivity contribution in [2.45, 2.75) is 70.1 Å². The Kier molecular flexibility index (Phi) is 9.49. The molecule has 1 aliphatic heterocycles. The van der Waals surface area contributed by atoms with Gasteiger partial charge in [0, 0.05) is 37.3 Å². The predicted octanol–water partition coefficient (Wildman–Crippen LogP) is 4.31. The number of nitrogens with one attached hydrogen (secondary N) is 3. The van der Waals surface area contributed by atoms with Crippen molar-refractivity contribution in [3.05, 3.63) is 41.2 Å². The number of likely N-dealkylation sites (tertiary alicyclic amines) is 1. The van der Waals surface area contributed by atoms with Crippen LogP contribution in [0.2, 0.25) is 0 Å². The van der Waals surface area contributed by atoms with Gasteiger partial charge in [0.2, 0.25) is 11.9 Å². The van der Waals surface area contributed by atoms with Gasteiger partial charge < -0.3 is 25.6 Å². The van der Waals surface area contributed by atoms with Crippen LogP contribution in [-0.2, 0) is 17.4 Å². The van der Waals surface area contributed by atoms with Crippen LogP contribution in [0.1, 0.15) is 67.1 Å². The van der Waals surface area contributed by atoms with Crippen LogP contribution >= 0.6 is 0 Å². The summed E-state index contributed by atoms with van der Waals surface area (Å²) in [5.74, 6) is -0.280. The van der Waals surface area contributed by atoms with Crippen molar-refractivity contribution in [1.29, 1.82) is 0 Å². The number of anilines is 2. The highest BCUT2D eigenvalue weighted by Gasteiger charge is 2.37. The van der Waals surface area contributed by atoms with Crippen molar-refractivity contribution in [3.8, 4) is 5.75 Å². The number of aromatic nitrogens is 2. The topological polar surface area (TPSA) is 108 Å². The van der Waals surface area contributed by atoms with Crippen LogP contribution < -0.4 is 20.7 Å². The number of hydrogen-bond acceptors (Lipinski definition) is 7. The maximum absolute atomic E-state index is 13.9. The number of alkyl halides is 3. The fourth-order valence-corrected chi connectivity index (χ4v) is 5.63. The van der Waals surface area contributed by atoms with E-state index in [4.69, 9.17) is 4.74 Å². The number of methoxy groups -OCH3 is 1. The highest BCUT2D eigenvalue weighted by molar-refractivity contribution is 5.95. The minimum absolute atomic E-state index is 0.0179. The van der Waals surface area contributed by atoms with E-state index in [0.717, 1.165) is 51.4 Å². The molecule has 1 aromatic heterocycles. The lowest BCUT2D eigenvalue weighted by atomic mass is 9.81. The minimum Gasteiger partial charge on any atom is -0.495 e. The van der Waals surface area contributed by atoms with Crippen LogP contribution in [0, 0.1) is 5.92 Å². The van der Waals surface area contributed by atoms with Gasteiger partial charge in [0.15, 0.2) is 0 Å². The average Bonchev–Trinajstić information content (AvgIpc) is 2.89. The SMILES string of the molecule is COc1cc(C(=O)NC2CCCN(C)C2)ccc1Nc1ncc(C(F)(F)F)c(C[C@@H]2CCCC[C@H]2NC(C)=O)n1. The minimum atomic E-state index is -4.62. The molecule has 3 N–H and O–H groups in total. The number of amides is 2. The zero-order valence-electron chi connectivity index (χ0n) is 23.1. The third kappa shape index (κ3) is 7.61. The summed E-state index contributed by atoms with van der Waals surface area (Å²) in [4.78, 5) is 34.9. The van der Waals surface area contributed by atoms with Gasteiger partial charge in [0.25, 0.3) is 5.91 Å². The molecule has 2 amide bonds. The van der Waals surface area contributed by atoms with Gasteiger partial charge in [-0.2, -0.15) is 13.2 Å². The van der Waals surface area contributed by atoms with Gasteiger partial charge in [0.05, 0.1) is 24.1 Å².